The van der Waals surface area contributed by atoms with Gasteiger partial charge in [0.2, 0.25) is 16.9 Å². The molecule has 0 spiro atoms. The third kappa shape index (κ3) is 2.20. The summed E-state index contributed by atoms with van der Waals surface area (Å²) in [5, 5.41) is 8.70. The number of aromatic nitrogens is 3. The molecule has 1 aromatic carbocycles. The third-order valence-electron chi connectivity index (χ3n) is 4.19. The minimum Gasteiger partial charge on any atom is -0.454 e. The molecule has 0 unspecified atom stereocenters. The highest BCUT2D eigenvalue weighted by Crippen LogP contribution is 2.34. The Kier molecular flexibility index (Phi) is 3.10. The van der Waals surface area contributed by atoms with Crippen LogP contribution in [0.5, 0.6) is 11.5 Å². The Morgan fingerprint density at radius 3 is 3.04 bits per heavy atom. The van der Waals surface area contributed by atoms with E-state index in [1.807, 2.05) is 0 Å². The molecule has 0 bridgehead atoms. The highest BCUT2D eigenvalue weighted by atomic mass is 32.1. The van der Waals surface area contributed by atoms with Crippen molar-refractivity contribution in [1.82, 2.24) is 14.6 Å². The monoisotopic (exact) mass is 346 g/mol. The average Bonchev–Trinajstić information content (AvgIpc) is 3.31. The number of rotatable bonds is 3. The molecule has 1 atom stereocenters. The number of benzene rings is 1. The molecule has 8 nitrogen and oxygen atoms in total. The van der Waals surface area contributed by atoms with Crippen LogP contribution >= 0.6 is 11.3 Å². The zero-order valence-electron chi connectivity index (χ0n) is 12.7. The highest BCUT2D eigenvalue weighted by molar-refractivity contribution is 7.20. The van der Waals surface area contributed by atoms with Gasteiger partial charge in [-0.2, -0.15) is 4.52 Å². The second kappa shape index (κ2) is 5.32. The smallest absolute Gasteiger partial charge is 0.283 e. The largest absolute Gasteiger partial charge is 0.454 e. The predicted octanol–water partition coefficient (Wildman–Crippen LogP) is 1.62. The zero-order chi connectivity index (χ0) is 16.1. The first-order valence-corrected chi connectivity index (χ1v) is 8.58. The summed E-state index contributed by atoms with van der Waals surface area (Å²) in [5.74, 6) is 1.17. The lowest BCUT2D eigenvalue weighted by Crippen LogP contribution is -2.19. The van der Waals surface area contributed by atoms with Gasteiger partial charge in [-0.1, -0.05) is 11.3 Å². The highest BCUT2D eigenvalue weighted by Gasteiger charge is 2.19. The minimum absolute atomic E-state index is 0.164. The molecule has 0 radical (unpaired) electrons. The van der Waals surface area contributed by atoms with Crippen LogP contribution in [0.2, 0.25) is 0 Å². The molecule has 3 aromatic rings. The number of anilines is 1. The predicted molar refractivity (Wildman–Crippen MR) is 88.2 cm³/mol. The lowest BCUT2D eigenvalue weighted by molar-refractivity contribution is 0.120. The molecule has 1 saturated heterocycles. The van der Waals surface area contributed by atoms with Crippen molar-refractivity contribution in [1.29, 1.82) is 0 Å². The summed E-state index contributed by atoms with van der Waals surface area (Å²) >= 11 is 1.34. The molecule has 4 heterocycles. The molecular weight excluding hydrogens is 332 g/mol. The van der Waals surface area contributed by atoms with Gasteiger partial charge in [-0.25, -0.2) is 4.98 Å². The van der Waals surface area contributed by atoms with Crippen LogP contribution in [0.4, 0.5) is 5.13 Å². The molecule has 2 aliphatic heterocycles. The lowest BCUT2D eigenvalue weighted by Gasteiger charge is -2.08. The SMILES string of the molecule is O=c1c2cc3c(cc2nc2sc(NC[C@@H]4CCCO4)nn12)OCO3. The van der Waals surface area contributed by atoms with E-state index < -0.39 is 0 Å². The fourth-order valence-corrected chi connectivity index (χ4v) is 3.78. The number of hydrogen-bond acceptors (Lipinski definition) is 8. The molecule has 0 amide bonds. The van der Waals surface area contributed by atoms with Gasteiger partial charge in [0.15, 0.2) is 11.5 Å². The van der Waals surface area contributed by atoms with E-state index in [-0.39, 0.29) is 18.5 Å². The molecule has 2 aliphatic rings. The van der Waals surface area contributed by atoms with Gasteiger partial charge < -0.3 is 19.5 Å². The van der Waals surface area contributed by atoms with E-state index in [9.17, 15) is 4.79 Å². The first-order valence-electron chi connectivity index (χ1n) is 7.77. The van der Waals surface area contributed by atoms with Crippen molar-refractivity contribution < 1.29 is 14.2 Å². The molecule has 124 valence electrons. The van der Waals surface area contributed by atoms with Crippen molar-refractivity contribution in [2.45, 2.75) is 18.9 Å². The third-order valence-corrected chi connectivity index (χ3v) is 5.06. The summed E-state index contributed by atoms with van der Waals surface area (Å²) in [7, 11) is 0. The molecule has 2 aromatic heterocycles. The molecule has 1 fully saturated rings. The van der Waals surface area contributed by atoms with Crippen LogP contribution in [-0.2, 0) is 4.74 Å². The molecule has 0 saturated carbocycles. The Bertz CT molecular complexity index is 992. The van der Waals surface area contributed by atoms with Crippen LogP contribution in [0, 0.1) is 0 Å². The van der Waals surface area contributed by atoms with Crippen molar-refractivity contribution in [3.8, 4) is 11.5 Å². The van der Waals surface area contributed by atoms with Gasteiger partial charge in [0.25, 0.3) is 5.56 Å². The quantitative estimate of drug-likeness (QED) is 0.771. The van der Waals surface area contributed by atoms with E-state index >= 15 is 0 Å². The molecule has 9 heteroatoms. The van der Waals surface area contributed by atoms with Crippen molar-refractivity contribution in [3.05, 3.63) is 22.5 Å². The lowest BCUT2D eigenvalue weighted by atomic mass is 10.2. The summed E-state index contributed by atoms with van der Waals surface area (Å²) < 4.78 is 17.6. The molecule has 5 rings (SSSR count). The first-order chi connectivity index (χ1) is 11.8. The maximum Gasteiger partial charge on any atom is 0.283 e. The van der Waals surface area contributed by atoms with Crippen molar-refractivity contribution in [3.63, 3.8) is 0 Å². The van der Waals surface area contributed by atoms with Gasteiger partial charge in [0.05, 0.1) is 17.0 Å². The van der Waals surface area contributed by atoms with E-state index in [2.05, 4.69) is 15.4 Å². The van der Waals surface area contributed by atoms with E-state index in [4.69, 9.17) is 14.2 Å². The maximum absolute atomic E-state index is 12.7. The molecule has 1 N–H and O–H groups in total. The fourth-order valence-electron chi connectivity index (χ4n) is 2.98. The van der Waals surface area contributed by atoms with Crippen LogP contribution in [0.1, 0.15) is 12.8 Å². The number of hydrogen-bond donors (Lipinski definition) is 1. The van der Waals surface area contributed by atoms with Gasteiger partial charge in [-0.15, -0.1) is 5.10 Å². The summed E-state index contributed by atoms with van der Waals surface area (Å²) in [5.41, 5.74) is 0.369. The minimum atomic E-state index is -0.213. The Morgan fingerprint density at radius 1 is 1.33 bits per heavy atom. The Morgan fingerprint density at radius 2 is 2.21 bits per heavy atom. The molecule has 24 heavy (non-hydrogen) atoms. The topological polar surface area (TPSA) is 87.0 Å². The second-order valence-corrected chi connectivity index (χ2v) is 6.71. The zero-order valence-corrected chi connectivity index (χ0v) is 13.5. The van der Waals surface area contributed by atoms with Gasteiger partial charge in [-0.3, -0.25) is 4.79 Å². The van der Waals surface area contributed by atoms with Gasteiger partial charge in [0.1, 0.15) is 0 Å². The Balaban J connectivity index is 1.55. The Labute approximate surface area is 140 Å². The Hall–Kier alpha value is -2.39. The molecule has 0 aliphatic carbocycles. The average molecular weight is 346 g/mol. The van der Waals surface area contributed by atoms with Gasteiger partial charge >= 0.3 is 0 Å². The van der Waals surface area contributed by atoms with E-state index in [1.54, 1.807) is 12.1 Å². The van der Waals surface area contributed by atoms with Crippen molar-refractivity contribution in [2.75, 3.05) is 25.3 Å². The van der Waals surface area contributed by atoms with Crippen LogP contribution in [0.25, 0.3) is 15.9 Å². The number of nitrogens with zero attached hydrogens (tertiary/aromatic N) is 3. The number of fused-ring (bicyclic) bond motifs is 3. The van der Waals surface area contributed by atoms with Gasteiger partial charge in [-0.05, 0) is 18.9 Å². The summed E-state index contributed by atoms with van der Waals surface area (Å²) in [6.07, 6.45) is 2.34. The first kappa shape index (κ1) is 14.0. The number of ether oxygens (including phenoxy) is 3. The summed E-state index contributed by atoms with van der Waals surface area (Å²) in [4.78, 5) is 17.8. The van der Waals surface area contributed by atoms with Crippen molar-refractivity contribution >= 4 is 32.3 Å². The van der Waals surface area contributed by atoms with Crippen molar-refractivity contribution in [2.24, 2.45) is 0 Å². The summed E-state index contributed by atoms with van der Waals surface area (Å²) in [6.45, 7) is 1.66. The van der Waals surface area contributed by atoms with E-state index in [0.29, 0.717) is 39.0 Å². The summed E-state index contributed by atoms with van der Waals surface area (Å²) in [6, 6.07) is 3.40. The fraction of sp³-hybridized carbons (Fsp3) is 0.400. The van der Waals surface area contributed by atoms with Crippen LogP contribution in [0.15, 0.2) is 16.9 Å². The van der Waals surface area contributed by atoms with E-state index in [0.717, 1.165) is 19.4 Å². The van der Waals surface area contributed by atoms with Gasteiger partial charge in [0, 0.05) is 19.2 Å². The molecular formula is C15H14N4O4S. The number of nitrogens with one attached hydrogen (secondary N) is 1. The maximum atomic E-state index is 12.7. The van der Waals surface area contributed by atoms with Crippen LogP contribution in [0.3, 0.4) is 0 Å². The van der Waals surface area contributed by atoms with E-state index in [1.165, 1.54) is 15.9 Å². The van der Waals surface area contributed by atoms with Crippen LogP contribution < -0.4 is 20.3 Å². The normalized spacial score (nSPS) is 19.4. The second-order valence-electron chi connectivity index (χ2n) is 5.76. The van der Waals surface area contributed by atoms with Crippen LogP contribution in [-0.4, -0.2) is 40.6 Å². The standard InChI is InChI=1S/C15H14N4O4S/c20-13-9-4-11-12(23-7-22-11)5-10(9)17-15-19(13)18-14(24-15)16-6-8-2-1-3-21-8/h4-5,8H,1-3,6-7H2,(H,16,18)/t8-/m0/s1.